The monoisotopic (exact) mass is 159 g/mol. The third-order valence-electron chi connectivity index (χ3n) is 1.37. The molecule has 0 aliphatic carbocycles. The molecule has 0 spiro atoms. The highest BCUT2D eigenvalue weighted by molar-refractivity contribution is 5.79. The van der Waals surface area contributed by atoms with Crippen LogP contribution in [0, 0.1) is 5.92 Å². The number of primary amides is 1. The lowest BCUT2D eigenvalue weighted by Crippen LogP contribution is -2.23. The van der Waals surface area contributed by atoms with E-state index in [-0.39, 0.29) is 18.5 Å². The van der Waals surface area contributed by atoms with Gasteiger partial charge >= 0.3 is 5.97 Å². The fraction of sp³-hybridized carbons (Fsp3) is 0.714. The zero-order chi connectivity index (χ0) is 8.85. The van der Waals surface area contributed by atoms with Gasteiger partial charge in [0.1, 0.15) is 0 Å². The molecule has 0 aliphatic heterocycles. The van der Waals surface area contributed by atoms with Crippen LogP contribution in [0.25, 0.3) is 0 Å². The third-order valence-corrected chi connectivity index (χ3v) is 1.37. The van der Waals surface area contributed by atoms with Crippen molar-refractivity contribution in [2.45, 2.75) is 20.3 Å². The summed E-state index contributed by atoms with van der Waals surface area (Å²) in [6, 6.07) is 0. The summed E-state index contributed by atoms with van der Waals surface area (Å²) in [6.45, 7) is 3.29. The SMILES string of the molecule is CCC(C)C(=O)OCC(N)=O. The van der Waals surface area contributed by atoms with Crippen LogP contribution in [0.3, 0.4) is 0 Å². The lowest BCUT2D eigenvalue weighted by atomic mass is 10.1. The lowest BCUT2D eigenvalue weighted by Gasteiger charge is -2.06. The molecular formula is C7H13NO3. The Labute approximate surface area is 65.7 Å². The fourth-order valence-electron chi connectivity index (χ4n) is 0.451. The Morgan fingerprint density at radius 3 is 2.45 bits per heavy atom. The molecule has 0 aromatic heterocycles. The van der Waals surface area contributed by atoms with Gasteiger partial charge < -0.3 is 10.5 Å². The Morgan fingerprint density at radius 1 is 1.55 bits per heavy atom. The van der Waals surface area contributed by atoms with E-state index in [2.05, 4.69) is 4.74 Å². The van der Waals surface area contributed by atoms with E-state index in [9.17, 15) is 9.59 Å². The molecule has 0 saturated heterocycles. The molecule has 0 fully saturated rings. The first-order chi connectivity index (χ1) is 5.07. The van der Waals surface area contributed by atoms with E-state index in [1.807, 2.05) is 6.92 Å². The summed E-state index contributed by atoms with van der Waals surface area (Å²) in [7, 11) is 0. The maximum absolute atomic E-state index is 10.8. The largest absolute Gasteiger partial charge is 0.455 e. The van der Waals surface area contributed by atoms with E-state index < -0.39 is 5.91 Å². The highest BCUT2D eigenvalue weighted by Gasteiger charge is 2.12. The molecule has 0 radical (unpaired) electrons. The zero-order valence-electron chi connectivity index (χ0n) is 6.79. The van der Waals surface area contributed by atoms with E-state index in [1.165, 1.54) is 0 Å². The van der Waals surface area contributed by atoms with Crippen LogP contribution < -0.4 is 5.73 Å². The highest BCUT2D eigenvalue weighted by atomic mass is 16.5. The number of ether oxygens (including phenoxy) is 1. The van der Waals surface area contributed by atoms with E-state index in [4.69, 9.17) is 5.73 Å². The average molecular weight is 159 g/mol. The van der Waals surface area contributed by atoms with Gasteiger partial charge in [-0.05, 0) is 6.42 Å². The fourth-order valence-corrected chi connectivity index (χ4v) is 0.451. The average Bonchev–Trinajstić information content (AvgIpc) is 1.98. The van der Waals surface area contributed by atoms with Crippen molar-refractivity contribution in [3.05, 3.63) is 0 Å². The standard InChI is InChI=1S/C7H13NO3/c1-3-5(2)7(10)11-4-6(8)9/h5H,3-4H2,1-2H3,(H2,8,9). The van der Waals surface area contributed by atoms with Crippen molar-refractivity contribution in [2.75, 3.05) is 6.61 Å². The number of carbonyl (C=O) groups is 2. The van der Waals surface area contributed by atoms with E-state index >= 15 is 0 Å². The van der Waals surface area contributed by atoms with Gasteiger partial charge in [-0.1, -0.05) is 13.8 Å². The normalized spacial score (nSPS) is 12.2. The first-order valence-electron chi connectivity index (χ1n) is 3.52. The van der Waals surface area contributed by atoms with Crippen LogP contribution in [0.15, 0.2) is 0 Å². The Balaban J connectivity index is 3.60. The van der Waals surface area contributed by atoms with Gasteiger partial charge in [0, 0.05) is 0 Å². The number of carbonyl (C=O) groups excluding carboxylic acids is 2. The Bertz CT molecular complexity index is 156. The van der Waals surface area contributed by atoms with E-state index in [0.29, 0.717) is 6.42 Å². The smallest absolute Gasteiger partial charge is 0.309 e. The number of rotatable bonds is 4. The molecule has 0 aromatic carbocycles. The number of hydrogen-bond acceptors (Lipinski definition) is 3. The second-order valence-electron chi connectivity index (χ2n) is 2.38. The predicted molar refractivity (Wildman–Crippen MR) is 39.6 cm³/mol. The molecule has 0 bridgehead atoms. The highest BCUT2D eigenvalue weighted by Crippen LogP contribution is 2.02. The molecular weight excluding hydrogens is 146 g/mol. The molecule has 64 valence electrons. The van der Waals surface area contributed by atoms with Crippen molar-refractivity contribution in [3.8, 4) is 0 Å². The van der Waals surface area contributed by atoms with Crippen LogP contribution in [0.4, 0.5) is 0 Å². The molecule has 0 saturated carbocycles. The summed E-state index contributed by atoms with van der Waals surface area (Å²) < 4.78 is 4.54. The summed E-state index contributed by atoms with van der Waals surface area (Å²) in [5.41, 5.74) is 4.77. The minimum atomic E-state index is -0.623. The first kappa shape index (κ1) is 9.94. The van der Waals surface area contributed by atoms with Crippen LogP contribution in [-0.4, -0.2) is 18.5 Å². The minimum absolute atomic E-state index is 0.158. The molecule has 0 heterocycles. The predicted octanol–water partition coefficient (Wildman–Crippen LogP) is 0.0610. The van der Waals surface area contributed by atoms with Gasteiger partial charge in [0.25, 0.3) is 5.91 Å². The minimum Gasteiger partial charge on any atom is -0.455 e. The Kier molecular flexibility index (Phi) is 4.26. The van der Waals surface area contributed by atoms with Crippen LogP contribution in [0.5, 0.6) is 0 Å². The molecule has 4 nitrogen and oxygen atoms in total. The van der Waals surface area contributed by atoms with Gasteiger partial charge in [-0.3, -0.25) is 9.59 Å². The van der Waals surface area contributed by atoms with Crippen LogP contribution >= 0.6 is 0 Å². The molecule has 4 heteroatoms. The summed E-state index contributed by atoms with van der Waals surface area (Å²) in [5.74, 6) is -1.15. The van der Waals surface area contributed by atoms with Crippen molar-refractivity contribution in [1.29, 1.82) is 0 Å². The van der Waals surface area contributed by atoms with Crippen molar-refractivity contribution < 1.29 is 14.3 Å². The lowest BCUT2D eigenvalue weighted by molar-refractivity contribution is -0.151. The summed E-state index contributed by atoms with van der Waals surface area (Å²) in [6.07, 6.45) is 0.706. The first-order valence-corrected chi connectivity index (χ1v) is 3.52. The Hall–Kier alpha value is -1.06. The van der Waals surface area contributed by atoms with Gasteiger partial charge in [0.05, 0.1) is 5.92 Å². The van der Waals surface area contributed by atoms with Gasteiger partial charge in [0.15, 0.2) is 6.61 Å². The molecule has 0 aliphatic rings. The molecule has 1 unspecified atom stereocenters. The Morgan fingerprint density at radius 2 is 2.09 bits per heavy atom. The topological polar surface area (TPSA) is 69.4 Å². The summed E-state index contributed by atoms with van der Waals surface area (Å²) in [4.78, 5) is 21.0. The van der Waals surface area contributed by atoms with E-state index in [1.54, 1.807) is 6.92 Å². The quantitative estimate of drug-likeness (QED) is 0.590. The van der Waals surface area contributed by atoms with Crippen LogP contribution in [0.2, 0.25) is 0 Å². The molecule has 2 N–H and O–H groups in total. The molecule has 1 amide bonds. The van der Waals surface area contributed by atoms with Gasteiger partial charge in [0.2, 0.25) is 0 Å². The summed E-state index contributed by atoms with van der Waals surface area (Å²) in [5, 5.41) is 0. The number of amides is 1. The number of nitrogens with two attached hydrogens (primary N) is 1. The number of esters is 1. The second-order valence-corrected chi connectivity index (χ2v) is 2.38. The maximum Gasteiger partial charge on any atom is 0.309 e. The zero-order valence-corrected chi connectivity index (χ0v) is 6.79. The van der Waals surface area contributed by atoms with Crippen molar-refractivity contribution in [2.24, 2.45) is 11.7 Å². The van der Waals surface area contributed by atoms with E-state index in [0.717, 1.165) is 0 Å². The number of hydrogen-bond donors (Lipinski definition) is 1. The molecule has 1 atom stereocenters. The van der Waals surface area contributed by atoms with Crippen LogP contribution in [0.1, 0.15) is 20.3 Å². The van der Waals surface area contributed by atoms with Crippen LogP contribution in [-0.2, 0) is 14.3 Å². The molecule has 0 aromatic rings. The maximum atomic E-state index is 10.8. The van der Waals surface area contributed by atoms with Crippen molar-refractivity contribution >= 4 is 11.9 Å². The molecule has 0 rings (SSSR count). The van der Waals surface area contributed by atoms with Crippen molar-refractivity contribution in [3.63, 3.8) is 0 Å². The van der Waals surface area contributed by atoms with Gasteiger partial charge in [-0.15, -0.1) is 0 Å². The molecule has 11 heavy (non-hydrogen) atoms. The van der Waals surface area contributed by atoms with Gasteiger partial charge in [-0.25, -0.2) is 0 Å². The van der Waals surface area contributed by atoms with Crippen molar-refractivity contribution in [1.82, 2.24) is 0 Å². The third kappa shape index (κ3) is 4.36. The summed E-state index contributed by atoms with van der Waals surface area (Å²) >= 11 is 0. The second kappa shape index (κ2) is 4.71. The van der Waals surface area contributed by atoms with Gasteiger partial charge in [-0.2, -0.15) is 0 Å².